The number of aromatic nitrogens is 4. The molecule has 2 bridgehead atoms. The molecule has 2 aliphatic carbocycles. The average Bonchev–Trinajstić information content (AvgIpc) is 4.09. The highest BCUT2D eigenvalue weighted by atomic mass is 16.5. The smallest absolute Gasteiger partial charge is 0.425 e. The SMILES string of the molecule is COC(=O)N[C@H](C(=O)N1CCC[C@H]1c1ncc(-c2ccc(-c3ccc(-c4cnc(C5C6CCC(C6)C5C(=O)N(NC(=O)OC)C(C)C)[nH]4)cc3)c(OC)c2)[nH]1)C(C)C. The van der Waals surface area contributed by atoms with Gasteiger partial charge in [-0.2, -0.15) is 0 Å². The molecule has 4 unspecified atom stereocenters. The van der Waals surface area contributed by atoms with Gasteiger partial charge in [0, 0.05) is 29.6 Å². The van der Waals surface area contributed by atoms with Gasteiger partial charge in [-0.1, -0.05) is 44.2 Å². The number of rotatable bonds is 11. The number of hydrazine groups is 1. The second kappa shape index (κ2) is 16.9. The summed E-state index contributed by atoms with van der Waals surface area (Å²) in [7, 11) is 4.22. The molecule has 1 aliphatic heterocycles. The van der Waals surface area contributed by atoms with E-state index in [0.717, 1.165) is 71.6 Å². The summed E-state index contributed by atoms with van der Waals surface area (Å²) in [5, 5.41) is 4.10. The number of carbonyl (C=O) groups is 4. The van der Waals surface area contributed by atoms with E-state index >= 15 is 0 Å². The molecule has 15 heteroatoms. The van der Waals surface area contributed by atoms with Gasteiger partial charge in [-0.25, -0.2) is 30.0 Å². The number of likely N-dealkylation sites (tertiary alicyclic amines) is 1. The Morgan fingerprint density at radius 3 is 2.12 bits per heavy atom. The number of hydrogen-bond donors (Lipinski definition) is 4. The predicted molar refractivity (Wildman–Crippen MR) is 216 cm³/mol. The summed E-state index contributed by atoms with van der Waals surface area (Å²) in [6, 6.07) is 13.0. The van der Waals surface area contributed by atoms with Crippen molar-refractivity contribution >= 4 is 24.0 Å². The number of fused-ring (bicyclic) bond motifs is 2. The molecule has 2 saturated carbocycles. The quantitative estimate of drug-likeness (QED) is 0.118. The lowest BCUT2D eigenvalue weighted by Gasteiger charge is -2.35. The number of nitrogens with zero attached hydrogens (tertiary/aromatic N) is 4. The molecule has 1 saturated heterocycles. The maximum Gasteiger partial charge on any atom is 0.425 e. The van der Waals surface area contributed by atoms with Crippen LogP contribution in [0.4, 0.5) is 9.59 Å². The summed E-state index contributed by atoms with van der Waals surface area (Å²) >= 11 is 0. The average molecular weight is 795 g/mol. The normalized spacial score (nSPS) is 21.6. The predicted octanol–water partition coefficient (Wildman–Crippen LogP) is 6.82. The van der Waals surface area contributed by atoms with Crippen molar-refractivity contribution in [3.8, 4) is 39.4 Å². The number of alkyl carbamates (subject to hydrolysis) is 1. The second-order valence-electron chi connectivity index (χ2n) is 16.2. The van der Waals surface area contributed by atoms with Crippen LogP contribution in [0.2, 0.25) is 0 Å². The monoisotopic (exact) mass is 794 g/mol. The van der Waals surface area contributed by atoms with E-state index in [1.807, 2.05) is 64.2 Å². The van der Waals surface area contributed by atoms with Crippen molar-refractivity contribution in [1.82, 2.24) is 40.6 Å². The van der Waals surface area contributed by atoms with Crippen LogP contribution in [0, 0.1) is 23.7 Å². The van der Waals surface area contributed by atoms with Crippen molar-refractivity contribution in [2.24, 2.45) is 23.7 Å². The second-order valence-corrected chi connectivity index (χ2v) is 16.2. The molecule has 4 amide bonds. The molecular weight excluding hydrogens is 741 g/mol. The van der Waals surface area contributed by atoms with E-state index in [1.165, 1.54) is 19.2 Å². The van der Waals surface area contributed by atoms with Gasteiger partial charge in [-0.15, -0.1) is 0 Å². The molecule has 2 aromatic carbocycles. The molecule has 2 aromatic heterocycles. The van der Waals surface area contributed by atoms with E-state index in [0.29, 0.717) is 24.0 Å². The molecule has 0 radical (unpaired) electrons. The van der Waals surface area contributed by atoms with Gasteiger partial charge in [0.1, 0.15) is 23.4 Å². The molecule has 4 aromatic rings. The van der Waals surface area contributed by atoms with Gasteiger partial charge in [0.15, 0.2) is 0 Å². The number of ether oxygens (including phenoxy) is 3. The number of nitrogens with one attached hydrogen (secondary N) is 4. The van der Waals surface area contributed by atoms with E-state index in [9.17, 15) is 19.2 Å². The first kappa shape index (κ1) is 40.3. The Bertz CT molecular complexity index is 2130. The van der Waals surface area contributed by atoms with Crippen LogP contribution in [0.3, 0.4) is 0 Å². The fourth-order valence-corrected chi connectivity index (χ4v) is 9.21. The Kier molecular flexibility index (Phi) is 11.8. The Hall–Kier alpha value is -5.86. The number of carbonyl (C=O) groups excluding carboxylic acids is 4. The number of amides is 4. The summed E-state index contributed by atoms with van der Waals surface area (Å²) in [5.74, 6) is 2.03. The minimum Gasteiger partial charge on any atom is -0.496 e. The van der Waals surface area contributed by atoms with Crippen LogP contribution in [0.5, 0.6) is 5.75 Å². The molecule has 308 valence electrons. The van der Waals surface area contributed by atoms with Crippen LogP contribution in [0.25, 0.3) is 33.6 Å². The third-order valence-corrected chi connectivity index (χ3v) is 12.1. The lowest BCUT2D eigenvalue weighted by Crippen LogP contribution is -2.53. The lowest BCUT2D eigenvalue weighted by atomic mass is 9.78. The number of H-pyrrole nitrogens is 2. The number of benzene rings is 2. The zero-order valence-electron chi connectivity index (χ0n) is 34.2. The third kappa shape index (κ3) is 7.86. The minimum atomic E-state index is -0.706. The summed E-state index contributed by atoms with van der Waals surface area (Å²) in [4.78, 5) is 69.9. The van der Waals surface area contributed by atoms with Gasteiger partial charge in [0.2, 0.25) is 11.8 Å². The summed E-state index contributed by atoms with van der Waals surface area (Å²) in [6.07, 6.45) is 6.91. The molecule has 7 rings (SSSR count). The molecule has 3 fully saturated rings. The van der Waals surface area contributed by atoms with Crippen molar-refractivity contribution in [2.75, 3.05) is 27.9 Å². The molecule has 4 N–H and O–H groups in total. The molecule has 58 heavy (non-hydrogen) atoms. The maximum absolute atomic E-state index is 14.0. The van der Waals surface area contributed by atoms with Crippen LogP contribution in [-0.4, -0.2) is 93.8 Å². The standard InChI is InChI=1S/C43H54N8O7/c1-23(2)37(48-42(54)57-6)41(53)50-18-8-9-33(50)38-44-22-32(46-38)27-16-17-30(34(20-27)56-5)25-10-12-26(13-11-25)31-21-45-39(47-31)35-28-14-15-29(19-28)36(35)40(52)51(24(3)4)49-43(55)58-7/h10-13,16-17,20-24,28-29,33,35-37H,8-9,14-15,18-19H2,1-7H3,(H,44,46)(H,45,47)(H,48,54)(H,49,55)/t28?,29?,33-,35?,36?,37-/m0/s1. The van der Waals surface area contributed by atoms with Gasteiger partial charge >= 0.3 is 12.2 Å². The van der Waals surface area contributed by atoms with Crippen LogP contribution in [0.1, 0.15) is 83.4 Å². The highest BCUT2D eigenvalue weighted by Crippen LogP contribution is 2.56. The highest BCUT2D eigenvalue weighted by Gasteiger charge is 2.54. The maximum atomic E-state index is 14.0. The Balaban J connectivity index is 1.06. The van der Waals surface area contributed by atoms with E-state index in [2.05, 4.69) is 32.8 Å². The topological polar surface area (TPSA) is 184 Å². The molecule has 3 aliphatic rings. The van der Waals surface area contributed by atoms with Gasteiger partial charge < -0.3 is 34.4 Å². The van der Waals surface area contributed by atoms with Crippen molar-refractivity contribution < 1.29 is 33.4 Å². The Morgan fingerprint density at radius 2 is 1.45 bits per heavy atom. The molecule has 15 nitrogen and oxygen atoms in total. The van der Waals surface area contributed by atoms with Crippen molar-refractivity contribution in [1.29, 1.82) is 0 Å². The van der Waals surface area contributed by atoms with Crippen molar-refractivity contribution in [3.05, 3.63) is 66.5 Å². The van der Waals surface area contributed by atoms with Gasteiger partial charge in [0.05, 0.1) is 57.1 Å². The van der Waals surface area contributed by atoms with Gasteiger partial charge in [-0.3, -0.25) is 9.59 Å². The summed E-state index contributed by atoms with van der Waals surface area (Å²) in [5.41, 5.74) is 8.04. The van der Waals surface area contributed by atoms with Crippen molar-refractivity contribution in [2.45, 2.75) is 83.8 Å². The fourth-order valence-electron chi connectivity index (χ4n) is 9.21. The number of hydrogen-bond acceptors (Lipinski definition) is 9. The van der Waals surface area contributed by atoms with E-state index in [4.69, 9.17) is 24.2 Å². The van der Waals surface area contributed by atoms with E-state index in [-0.39, 0.29) is 47.6 Å². The number of aromatic amines is 2. The zero-order valence-corrected chi connectivity index (χ0v) is 34.2. The van der Waals surface area contributed by atoms with E-state index < -0.39 is 18.2 Å². The van der Waals surface area contributed by atoms with Crippen LogP contribution in [0.15, 0.2) is 54.9 Å². The molecule has 3 heterocycles. The zero-order chi connectivity index (χ0) is 41.2. The third-order valence-electron chi connectivity index (χ3n) is 12.1. The van der Waals surface area contributed by atoms with Crippen molar-refractivity contribution in [3.63, 3.8) is 0 Å². The fraction of sp³-hybridized carbons (Fsp3) is 0.488. The Labute approximate surface area is 338 Å². The first-order chi connectivity index (χ1) is 27.9. The summed E-state index contributed by atoms with van der Waals surface area (Å²) in [6.45, 7) is 8.11. The molecular formula is C43H54N8O7. The van der Waals surface area contributed by atoms with Gasteiger partial charge in [0.25, 0.3) is 0 Å². The summed E-state index contributed by atoms with van der Waals surface area (Å²) < 4.78 is 15.4. The number of methoxy groups -OCH3 is 3. The van der Waals surface area contributed by atoms with E-state index in [1.54, 1.807) is 18.2 Å². The highest BCUT2D eigenvalue weighted by molar-refractivity contribution is 5.86. The number of imidazole rings is 2. The minimum absolute atomic E-state index is 0.0687. The van der Waals surface area contributed by atoms with Gasteiger partial charge in [-0.05, 0) is 87.0 Å². The Morgan fingerprint density at radius 1 is 0.810 bits per heavy atom. The lowest BCUT2D eigenvalue weighted by molar-refractivity contribution is -0.143. The largest absolute Gasteiger partial charge is 0.496 e. The molecule has 0 spiro atoms. The van der Waals surface area contributed by atoms with Crippen LogP contribution in [-0.2, 0) is 19.1 Å². The van der Waals surface area contributed by atoms with Crippen LogP contribution < -0.4 is 15.5 Å². The first-order valence-corrected chi connectivity index (χ1v) is 20.1. The first-order valence-electron chi connectivity index (χ1n) is 20.1. The van der Waals surface area contributed by atoms with Crippen LogP contribution >= 0.6 is 0 Å². The molecule has 6 atom stereocenters.